The molecule has 1 heterocycles. The molecular formula is C20H22FN3O. The van der Waals surface area contributed by atoms with Crippen LogP contribution in [0.4, 0.5) is 4.39 Å². The Bertz CT molecular complexity index is 803. The lowest BCUT2D eigenvalue weighted by molar-refractivity contribution is 0.180. The summed E-state index contributed by atoms with van der Waals surface area (Å²) in [6.07, 6.45) is 2.37. The molecule has 0 bridgehead atoms. The lowest BCUT2D eigenvalue weighted by Crippen LogP contribution is -2.25. The van der Waals surface area contributed by atoms with Gasteiger partial charge in [0.05, 0.1) is 11.9 Å². The molecule has 0 fully saturated rings. The number of nitrogens with one attached hydrogen (secondary N) is 1. The van der Waals surface area contributed by atoms with Crippen molar-refractivity contribution in [1.82, 2.24) is 15.1 Å². The Morgan fingerprint density at radius 1 is 1.12 bits per heavy atom. The number of rotatable bonds is 7. The highest BCUT2D eigenvalue weighted by molar-refractivity contribution is 5.63. The van der Waals surface area contributed by atoms with Crippen molar-refractivity contribution < 1.29 is 9.50 Å². The van der Waals surface area contributed by atoms with Crippen LogP contribution in [0, 0.1) is 5.82 Å². The summed E-state index contributed by atoms with van der Waals surface area (Å²) in [5, 5.41) is 16.5. The van der Waals surface area contributed by atoms with E-state index >= 15 is 0 Å². The Balaban J connectivity index is 1.85. The lowest BCUT2D eigenvalue weighted by Gasteiger charge is -2.28. The quantitative estimate of drug-likeness (QED) is 0.689. The average Bonchev–Trinajstić information content (AvgIpc) is 3.08. The molecule has 4 nitrogen and oxygen atoms in total. The summed E-state index contributed by atoms with van der Waals surface area (Å²) in [6, 6.07) is 16.8. The van der Waals surface area contributed by atoms with E-state index in [4.69, 9.17) is 0 Å². The topological polar surface area (TPSA) is 52.2 Å². The van der Waals surface area contributed by atoms with Gasteiger partial charge in [-0.3, -0.25) is 10.00 Å². The third kappa shape index (κ3) is 3.95. The Labute approximate surface area is 146 Å². The van der Waals surface area contributed by atoms with Crippen molar-refractivity contribution in [3.05, 3.63) is 77.7 Å². The molecule has 2 N–H and O–H groups in total. The zero-order chi connectivity index (χ0) is 17.6. The maximum absolute atomic E-state index is 14.1. The minimum absolute atomic E-state index is 0.0783. The first kappa shape index (κ1) is 17.3. The van der Waals surface area contributed by atoms with Crippen LogP contribution >= 0.6 is 0 Å². The van der Waals surface area contributed by atoms with Gasteiger partial charge >= 0.3 is 0 Å². The Kier molecular flexibility index (Phi) is 5.58. The molecule has 1 atom stereocenters. The Morgan fingerprint density at radius 3 is 2.56 bits per heavy atom. The van der Waals surface area contributed by atoms with Crippen LogP contribution in [0.2, 0.25) is 0 Å². The summed E-state index contributed by atoms with van der Waals surface area (Å²) in [5.41, 5.74) is 3.28. The van der Waals surface area contributed by atoms with Gasteiger partial charge in [-0.15, -0.1) is 0 Å². The van der Waals surface area contributed by atoms with Gasteiger partial charge in [-0.05, 0) is 31.2 Å². The van der Waals surface area contributed by atoms with Crippen LogP contribution in [0.1, 0.15) is 23.6 Å². The van der Waals surface area contributed by atoms with Crippen LogP contribution in [0.3, 0.4) is 0 Å². The van der Waals surface area contributed by atoms with Gasteiger partial charge in [0.25, 0.3) is 0 Å². The van der Waals surface area contributed by atoms with Gasteiger partial charge in [-0.2, -0.15) is 5.10 Å². The summed E-state index contributed by atoms with van der Waals surface area (Å²) >= 11 is 0. The molecule has 1 unspecified atom stereocenters. The summed E-state index contributed by atoms with van der Waals surface area (Å²) in [6.45, 7) is 0.704. The van der Waals surface area contributed by atoms with Gasteiger partial charge in [0, 0.05) is 30.3 Å². The summed E-state index contributed by atoms with van der Waals surface area (Å²) < 4.78 is 14.1. The van der Waals surface area contributed by atoms with E-state index in [1.807, 2.05) is 31.3 Å². The molecule has 5 heteroatoms. The smallest absolute Gasteiger partial charge is 0.132 e. The first-order valence-corrected chi connectivity index (χ1v) is 8.34. The van der Waals surface area contributed by atoms with Crippen LogP contribution in [0.25, 0.3) is 11.3 Å². The van der Waals surface area contributed by atoms with E-state index in [1.165, 1.54) is 6.07 Å². The van der Waals surface area contributed by atoms with Crippen LogP contribution in [-0.4, -0.2) is 33.9 Å². The highest BCUT2D eigenvalue weighted by atomic mass is 19.1. The largest absolute Gasteiger partial charge is 0.396 e. The van der Waals surface area contributed by atoms with Crippen LogP contribution in [0.5, 0.6) is 0 Å². The summed E-state index contributed by atoms with van der Waals surface area (Å²) in [5.74, 6) is -0.273. The normalized spacial score (nSPS) is 12.5. The first-order valence-electron chi connectivity index (χ1n) is 8.34. The van der Waals surface area contributed by atoms with Gasteiger partial charge in [-0.1, -0.05) is 42.5 Å². The highest BCUT2D eigenvalue weighted by Crippen LogP contribution is 2.28. The number of benzene rings is 2. The minimum atomic E-state index is -0.273. The second-order valence-electron chi connectivity index (χ2n) is 6.10. The van der Waals surface area contributed by atoms with Gasteiger partial charge in [0.2, 0.25) is 0 Å². The third-order valence-corrected chi connectivity index (χ3v) is 4.40. The van der Waals surface area contributed by atoms with Gasteiger partial charge in [0.15, 0.2) is 0 Å². The van der Waals surface area contributed by atoms with Crippen LogP contribution in [-0.2, 0) is 6.54 Å². The van der Waals surface area contributed by atoms with Crippen molar-refractivity contribution >= 4 is 0 Å². The standard InChI is InChI=1S/C20H22FN3O/c1-24(19(11-12-25)15-7-3-2-4-8-15)14-16-13-22-23-20(16)17-9-5-6-10-18(17)21/h2-10,13,19,25H,11-12,14H2,1H3,(H,22,23). The molecule has 3 rings (SSSR count). The molecule has 130 valence electrons. The molecule has 0 aliphatic heterocycles. The van der Waals surface area contributed by atoms with Gasteiger partial charge in [-0.25, -0.2) is 4.39 Å². The van der Waals surface area contributed by atoms with Crippen molar-refractivity contribution in [1.29, 1.82) is 0 Å². The van der Waals surface area contributed by atoms with Crippen molar-refractivity contribution in [2.75, 3.05) is 13.7 Å². The Hall–Kier alpha value is -2.50. The number of halogens is 1. The molecule has 0 radical (unpaired) electrons. The fourth-order valence-electron chi connectivity index (χ4n) is 3.15. The predicted molar refractivity (Wildman–Crippen MR) is 96.3 cm³/mol. The Morgan fingerprint density at radius 2 is 1.84 bits per heavy atom. The zero-order valence-corrected chi connectivity index (χ0v) is 14.2. The SMILES string of the molecule is CN(Cc1cn[nH]c1-c1ccccc1F)C(CCO)c1ccccc1. The minimum Gasteiger partial charge on any atom is -0.396 e. The number of hydrogen-bond donors (Lipinski definition) is 2. The molecule has 0 amide bonds. The molecule has 2 aromatic carbocycles. The molecule has 0 aliphatic rings. The molecule has 0 saturated heterocycles. The maximum Gasteiger partial charge on any atom is 0.132 e. The van der Waals surface area contributed by atoms with Crippen molar-refractivity contribution in [3.63, 3.8) is 0 Å². The summed E-state index contributed by atoms with van der Waals surface area (Å²) in [4.78, 5) is 2.15. The molecule has 0 aliphatic carbocycles. The highest BCUT2D eigenvalue weighted by Gasteiger charge is 2.19. The van der Waals surface area contributed by atoms with Gasteiger partial charge < -0.3 is 5.11 Å². The van der Waals surface area contributed by atoms with E-state index < -0.39 is 0 Å². The molecule has 0 spiro atoms. The molecule has 0 saturated carbocycles. The number of aromatic nitrogens is 2. The van der Waals surface area contributed by atoms with Crippen molar-refractivity contribution in [2.24, 2.45) is 0 Å². The number of aliphatic hydroxyl groups is 1. The number of hydrogen-bond acceptors (Lipinski definition) is 3. The van der Waals surface area contributed by atoms with E-state index in [0.29, 0.717) is 24.2 Å². The van der Waals surface area contributed by atoms with Crippen LogP contribution < -0.4 is 0 Å². The molecule has 25 heavy (non-hydrogen) atoms. The molecule has 3 aromatic rings. The second-order valence-corrected chi connectivity index (χ2v) is 6.10. The van der Waals surface area contributed by atoms with Crippen LogP contribution in [0.15, 0.2) is 60.8 Å². The summed E-state index contributed by atoms with van der Waals surface area (Å²) in [7, 11) is 2.01. The van der Waals surface area contributed by atoms with E-state index in [-0.39, 0.29) is 18.5 Å². The lowest BCUT2D eigenvalue weighted by atomic mass is 10.0. The fourth-order valence-corrected chi connectivity index (χ4v) is 3.15. The van der Waals surface area contributed by atoms with Crippen molar-refractivity contribution in [2.45, 2.75) is 19.0 Å². The second kappa shape index (κ2) is 8.05. The number of aromatic amines is 1. The first-order chi connectivity index (χ1) is 12.2. The van der Waals surface area contributed by atoms with E-state index in [1.54, 1.807) is 18.3 Å². The van der Waals surface area contributed by atoms with Gasteiger partial charge in [0.1, 0.15) is 5.82 Å². The number of aliphatic hydroxyl groups excluding tert-OH is 1. The van der Waals surface area contributed by atoms with E-state index in [0.717, 1.165) is 11.1 Å². The fraction of sp³-hybridized carbons (Fsp3) is 0.250. The number of nitrogens with zero attached hydrogens (tertiary/aromatic N) is 2. The third-order valence-electron chi connectivity index (χ3n) is 4.40. The van der Waals surface area contributed by atoms with E-state index in [2.05, 4.69) is 27.2 Å². The average molecular weight is 339 g/mol. The number of H-pyrrole nitrogens is 1. The molecule has 1 aromatic heterocycles. The maximum atomic E-state index is 14.1. The predicted octanol–water partition coefficient (Wildman–Crippen LogP) is 3.77. The monoisotopic (exact) mass is 339 g/mol. The van der Waals surface area contributed by atoms with E-state index in [9.17, 15) is 9.50 Å². The van der Waals surface area contributed by atoms with Crippen molar-refractivity contribution in [3.8, 4) is 11.3 Å². The molecular weight excluding hydrogens is 317 g/mol. The zero-order valence-electron chi connectivity index (χ0n) is 14.2.